The summed E-state index contributed by atoms with van der Waals surface area (Å²) < 4.78 is 12.5. The lowest BCUT2D eigenvalue weighted by molar-refractivity contribution is 0.207. The molecular weight excluding hydrogens is 430 g/mol. The van der Waals surface area contributed by atoms with Crippen molar-refractivity contribution in [2.24, 2.45) is 10.1 Å². The molecule has 0 unspecified atom stereocenters. The highest BCUT2D eigenvalue weighted by atomic mass is 32.1. The fraction of sp³-hybridized carbons (Fsp3) is 0.259. The highest BCUT2D eigenvalue weighted by Crippen LogP contribution is 2.25. The molecule has 0 radical (unpaired) electrons. The van der Waals surface area contributed by atoms with Crippen molar-refractivity contribution in [3.8, 4) is 17.0 Å². The molecule has 4 rings (SSSR count). The lowest BCUT2D eigenvalue weighted by Gasteiger charge is -2.09. The predicted octanol–water partition coefficient (Wildman–Crippen LogP) is 5.81. The number of fused-ring (bicyclic) bond motifs is 1. The van der Waals surface area contributed by atoms with E-state index in [0.29, 0.717) is 13.2 Å². The van der Waals surface area contributed by atoms with E-state index in [2.05, 4.69) is 61.7 Å². The number of aryl methyl sites for hydroxylation is 2. The number of benzene rings is 3. The summed E-state index contributed by atoms with van der Waals surface area (Å²) in [5.74, 6) is 0.856. The Morgan fingerprint density at radius 2 is 1.73 bits per heavy atom. The van der Waals surface area contributed by atoms with Crippen LogP contribution in [0.5, 0.6) is 5.75 Å². The summed E-state index contributed by atoms with van der Waals surface area (Å²) in [7, 11) is 3.38. The average molecular weight is 460 g/mol. The van der Waals surface area contributed by atoms with Crippen LogP contribution < -0.4 is 9.54 Å². The summed E-state index contributed by atoms with van der Waals surface area (Å²) in [6.07, 6.45) is 0. The third-order valence-corrected chi connectivity index (χ3v) is 6.60. The maximum Gasteiger partial charge on any atom is 0.206 e. The normalized spacial score (nSPS) is 12.5. The molecule has 3 aromatic carbocycles. The molecule has 0 aliphatic rings. The maximum absolute atomic E-state index is 5.35. The molecule has 0 bridgehead atoms. The van der Waals surface area contributed by atoms with Crippen LogP contribution in [-0.2, 0) is 4.74 Å². The number of ether oxygens (including phenoxy) is 2. The van der Waals surface area contributed by atoms with E-state index < -0.39 is 0 Å². The molecule has 0 atom stereocenters. The number of rotatable bonds is 7. The topological polar surface area (TPSA) is 48.1 Å². The van der Waals surface area contributed by atoms with Gasteiger partial charge < -0.3 is 9.47 Å². The maximum atomic E-state index is 5.35. The zero-order chi connectivity index (χ0) is 23.4. The van der Waals surface area contributed by atoms with E-state index in [-0.39, 0.29) is 0 Å². The van der Waals surface area contributed by atoms with Gasteiger partial charge in [-0.25, -0.2) is 4.68 Å². The van der Waals surface area contributed by atoms with Crippen LogP contribution in [0.3, 0.4) is 0 Å². The number of methoxy groups -OCH3 is 2. The van der Waals surface area contributed by atoms with Gasteiger partial charge in [0, 0.05) is 18.1 Å². The first-order valence-corrected chi connectivity index (χ1v) is 11.8. The highest BCUT2D eigenvalue weighted by molar-refractivity contribution is 7.07. The second-order valence-electron chi connectivity index (χ2n) is 8.00. The van der Waals surface area contributed by atoms with Crippen molar-refractivity contribution in [3.63, 3.8) is 0 Å². The highest BCUT2D eigenvalue weighted by Gasteiger charge is 2.10. The Labute approximate surface area is 198 Å². The van der Waals surface area contributed by atoms with E-state index in [1.807, 2.05) is 23.7 Å². The molecule has 1 heterocycles. The molecule has 0 saturated heterocycles. The average Bonchev–Trinajstić information content (AvgIpc) is 3.22. The van der Waals surface area contributed by atoms with Gasteiger partial charge in [-0.05, 0) is 72.5 Å². The standard InChI is InChI=1S/C27H29N3O2S/c1-18-6-7-24(14-19(18)2)26-17-33-27(28-12-13-31-4)30(26)29-20(3)21-8-9-23-16-25(32-5)11-10-22(23)15-21/h6-11,14-17H,12-13H2,1-5H3. The van der Waals surface area contributed by atoms with Crippen molar-refractivity contribution in [1.82, 2.24) is 4.68 Å². The molecular formula is C27H29N3O2S. The predicted molar refractivity (Wildman–Crippen MR) is 138 cm³/mol. The van der Waals surface area contributed by atoms with Gasteiger partial charge in [0.15, 0.2) is 0 Å². The van der Waals surface area contributed by atoms with Crippen LogP contribution >= 0.6 is 11.3 Å². The summed E-state index contributed by atoms with van der Waals surface area (Å²) in [6.45, 7) is 7.48. The molecule has 5 nitrogen and oxygen atoms in total. The summed E-state index contributed by atoms with van der Waals surface area (Å²) in [6, 6.07) is 19.0. The zero-order valence-corrected chi connectivity index (χ0v) is 20.6. The first kappa shape index (κ1) is 23.0. The fourth-order valence-corrected chi connectivity index (χ4v) is 4.48. The van der Waals surface area contributed by atoms with Crippen LogP contribution in [0, 0.1) is 13.8 Å². The molecule has 0 N–H and O–H groups in total. The molecule has 0 spiro atoms. The minimum atomic E-state index is 0.577. The molecule has 170 valence electrons. The molecule has 4 aromatic rings. The van der Waals surface area contributed by atoms with E-state index in [4.69, 9.17) is 19.6 Å². The van der Waals surface area contributed by atoms with Crippen molar-refractivity contribution in [1.29, 1.82) is 0 Å². The van der Waals surface area contributed by atoms with E-state index in [0.717, 1.165) is 43.9 Å². The Hall–Kier alpha value is -3.22. The number of thiazole rings is 1. The molecule has 0 saturated carbocycles. The quantitative estimate of drug-likeness (QED) is 0.258. The minimum absolute atomic E-state index is 0.577. The Morgan fingerprint density at radius 3 is 2.48 bits per heavy atom. The Morgan fingerprint density at radius 1 is 0.939 bits per heavy atom. The van der Waals surface area contributed by atoms with Crippen LogP contribution in [0.15, 0.2) is 70.1 Å². The first-order valence-electron chi connectivity index (χ1n) is 10.9. The minimum Gasteiger partial charge on any atom is -0.497 e. The van der Waals surface area contributed by atoms with Crippen molar-refractivity contribution < 1.29 is 9.47 Å². The van der Waals surface area contributed by atoms with Gasteiger partial charge in [-0.3, -0.25) is 4.99 Å². The second kappa shape index (κ2) is 10.1. The Balaban J connectivity index is 1.80. The van der Waals surface area contributed by atoms with Gasteiger partial charge in [0.2, 0.25) is 4.80 Å². The van der Waals surface area contributed by atoms with Crippen LogP contribution in [-0.4, -0.2) is 37.8 Å². The van der Waals surface area contributed by atoms with Gasteiger partial charge in [-0.1, -0.05) is 30.3 Å². The lowest BCUT2D eigenvalue weighted by atomic mass is 10.0. The van der Waals surface area contributed by atoms with Crippen molar-refractivity contribution in [3.05, 3.63) is 81.5 Å². The Bertz CT molecular complexity index is 1380. The van der Waals surface area contributed by atoms with Crippen molar-refractivity contribution >= 4 is 27.8 Å². The van der Waals surface area contributed by atoms with Gasteiger partial charge in [0.25, 0.3) is 0 Å². The smallest absolute Gasteiger partial charge is 0.206 e. The Kier molecular flexibility index (Phi) is 7.06. The van der Waals surface area contributed by atoms with Crippen LogP contribution in [0.25, 0.3) is 22.0 Å². The number of hydrogen-bond donors (Lipinski definition) is 0. The van der Waals surface area contributed by atoms with Crippen LogP contribution in [0.2, 0.25) is 0 Å². The van der Waals surface area contributed by atoms with Crippen molar-refractivity contribution in [2.45, 2.75) is 20.8 Å². The van der Waals surface area contributed by atoms with E-state index >= 15 is 0 Å². The second-order valence-corrected chi connectivity index (χ2v) is 8.84. The molecule has 33 heavy (non-hydrogen) atoms. The van der Waals surface area contributed by atoms with Gasteiger partial charge in [0.05, 0.1) is 31.7 Å². The van der Waals surface area contributed by atoms with Crippen molar-refractivity contribution in [2.75, 3.05) is 27.4 Å². The number of nitrogens with zero attached hydrogens (tertiary/aromatic N) is 3. The van der Waals surface area contributed by atoms with E-state index in [1.165, 1.54) is 11.1 Å². The molecule has 0 aliphatic heterocycles. The molecule has 0 aliphatic carbocycles. The lowest BCUT2D eigenvalue weighted by Crippen LogP contribution is -2.15. The molecule has 0 amide bonds. The fourth-order valence-electron chi connectivity index (χ4n) is 3.62. The first-order chi connectivity index (χ1) is 16.0. The summed E-state index contributed by atoms with van der Waals surface area (Å²) in [5, 5.41) is 9.44. The summed E-state index contributed by atoms with van der Waals surface area (Å²) in [4.78, 5) is 5.59. The largest absolute Gasteiger partial charge is 0.497 e. The summed E-state index contributed by atoms with van der Waals surface area (Å²) >= 11 is 1.60. The summed E-state index contributed by atoms with van der Waals surface area (Å²) in [5.41, 5.74) is 6.69. The van der Waals surface area contributed by atoms with Gasteiger partial charge >= 0.3 is 0 Å². The molecule has 6 heteroatoms. The third-order valence-electron chi connectivity index (χ3n) is 5.75. The van der Waals surface area contributed by atoms with Gasteiger partial charge in [-0.2, -0.15) is 5.10 Å². The van der Waals surface area contributed by atoms with Crippen LogP contribution in [0.1, 0.15) is 23.6 Å². The monoisotopic (exact) mass is 459 g/mol. The van der Waals surface area contributed by atoms with Crippen LogP contribution in [0.4, 0.5) is 0 Å². The third kappa shape index (κ3) is 5.07. The van der Waals surface area contributed by atoms with E-state index in [9.17, 15) is 0 Å². The van der Waals surface area contributed by atoms with Gasteiger partial charge in [-0.15, -0.1) is 11.3 Å². The number of aromatic nitrogens is 1. The molecule has 1 aromatic heterocycles. The van der Waals surface area contributed by atoms with Gasteiger partial charge in [0.1, 0.15) is 5.75 Å². The van der Waals surface area contributed by atoms with E-state index in [1.54, 1.807) is 25.6 Å². The number of hydrogen-bond acceptors (Lipinski definition) is 5. The SMILES string of the molecule is COCCN=c1scc(-c2ccc(C)c(C)c2)n1N=C(C)c1ccc2cc(OC)ccc2c1. The molecule has 0 fully saturated rings. The zero-order valence-electron chi connectivity index (χ0n) is 19.8.